The summed E-state index contributed by atoms with van der Waals surface area (Å²) in [4.78, 5) is 38.9. The second kappa shape index (κ2) is 11.9. The van der Waals surface area contributed by atoms with Gasteiger partial charge in [0.25, 0.3) is 5.91 Å². The Morgan fingerprint density at radius 3 is 2.39 bits per heavy atom. The molecule has 1 saturated heterocycles. The lowest BCUT2D eigenvalue weighted by Crippen LogP contribution is -2.32. The molecule has 8 heteroatoms. The molecule has 1 heterocycles. The molecular formula is C28H29N3O5. The van der Waals surface area contributed by atoms with Gasteiger partial charge in [-0.1, -0.05) is 48.5 Å². The SMILES string of the molecule is COc1ccccc1CNC(=O)[C@@H]1CC(=O)N(c2ccc(OCC(=O)NCc3ccccc3)cc2)C1. The van der Waals surface area contributed by atoms with Gasteiger partial charge in [0.15, 0.2) is 6.61 Å². The highest BCUT2D eigenvalue weighted by Gasteiger charge is 2.35. The third-order valence-electron chi connectivity index (χ3n) is 5.99. The predicted octanol–water partition coefficient (Wildman–Crippen LogP) is 3.06. The van der Waals surface area contributed by atoms with Crippen molar-refractivity contribution in [1.82, 2.24) is 10.6 Å². The number of carbonyl (C=O) groups excluding carboxylic acids is 3. The number of nitrogens with zero attached hydrogens (tertiary/aromatic N) is 1. The molecule has 4 rings (SSSR count). The maximum Gasteiger partial charge on any atom is 0.258 e. The molecular weight excluding hydrogens is 458 g/mol. The standard InChI is InChI=1S/C28H29N3O5/c1-35-25-10-6-5-9-21(25)17-30-28(34)22-15-27(33)31(18-22)23-11-13-24(14-12-23)36-19-26(32)29-16-20-7-3-2-4-8-20/h2-14,22H,15-19H2,1H3,(H,29,32)(H,30,34)/t22-/m1/s1. The van der Waals surface area contributed by atoms with Gasteiger partial charge < -0.3 is 25.0 Å². The van der Waals surface area contributed by atoms with Crippen LogP contribution in [0.2, 0.25) is 0 Å². The minimum absolute atomic E-state index is 0.108. The third-order valence-corrected chi connectivity index (χ3v) is 5.99. The van der Waals surface area contributed by atoms with Crippen molar-refractivity contribution >= 4 is 23.4 Å². The van der Waals surface area contributed by atoms with Crippen LogP contribution in [0.3, 0.4) is 0 Å². The molecule has 36 heavy (non-hydrogen) atoms. The average molecular weight is 488 g/mol. The molecule has 0 radical (unpaired) electrons. The molecule has 1 aliphatic rings. The summed E-state index contributed by atoms with van der Waals surface area (Å²) in [5.41, 5.74) is 2.57. The van der Waals surface area contributed by atoms with E-state index in [2.05, 4.69) is 10.6 Å². The highest BCUT2D eigenvalue weighted by Crippen LogP contribution is 2.27. The number of anilines is 1. The van der Waals surface area contributed by atoms with Crippen molar-refractivity contribution in [3.05, 3.63) is 90.0 Å². The van der Waals surface area contributed by atoms with E-state index in [4.69, 9.17) is 9.47 Å². The molecule has 0 unspecified atom stereocenters. The van der Waals surface area contributed by atoms with Gasteiger partial charge >= 0.3 is 0 Å². The Bertz CT molecular complexity index is 1200. The molecule has 1 aliphatic heterocycles. The molecule has 0 bridgehead atoms. The largest absolute Gasteiger partial charge is 0.496 e. The first-order valence-electron chi connectivity index (χ1n) is 11.8. The summed E-state index contributed by atoms with van der Waals surface area (Å²) in [6.07, 6.45) is 0.150. The molecule has 0 aliphatic carbocycles. The highest BCUT2D eigenvalue weighted by atomic mass is 16.5. The number of para-hydroxylation sites is 1. The van der Waals surface area contributed by atoms with Crippen LogP contribution >= 0.6 is 0 Å². The van der Waals surface area contributed by atoms with E-state index in [1.165, 1.54) is 0 Å². The summed E-state index contributed by atoms with van der Waals surface area (Å²) >= 11 is 0. The Labute approximate surface area is 210 Å². The zero-order valence-electron chi connectivity index (χ0n) is 20.1. The van der Waals surface area contributed by atoms with Crippen LogP contribution in [0.25, 0.3) is 0 Å². The van der Waals surface area contributed by atoms with E-state index in [1.54, 1.807) is 36.3 Å². The molecule has 3 aromatic rings. The Morgan fingerprint density at radius 2 is 1.64 bits per heavy atom. The first-order valence-corrected chi connectivity index (χ1v) is 11.8. The second-order valence-electron chi connectivity index (χ2n) is 8.48. The van der Waals surface area contributed by atoms with Crippen molar-refractivity contribution in [3.8, 4) is 11.5 Å². The molecule has 0 spiro atoms. The number of amides is 3. The quantitative estimate of drug-likeness (QED) is 0.458. The molecule has 3 aromatic carbocycles. The Kier molecular flexibility index (Phi) is 8.18. The van der Waals surface area contributed by atoms with E-state index in [0.29, 0.717) is 36.8 Å². The maximum atomic E-state index is 12.7. The number of ether oxygens (including phenoxy) is 2. The van der Waals surface area contributed by atoms with Crippen LogP contribution in [-0.2, 0) is 27.5 Å². The summed E-state index contributed by atoms with van der Waals surface area (Å²) in [6.45, 7) is 0.965. The van der Waals surface area contributed by atoms with Crippen molar-refractivity contribution in [2.75, 3.05) is 25.2 Å². The van der Waals surface area contributed by atoms with Crippen LogP contribution in [-0.4, -0.2) is 38.0 Å². The normalized spacial score (nSPS) is 14.9. The number of rotatable bonds is 10. The molecule has 0 saturated carbocycles. The average Bonchev–Trinajstić information content (AvgIpc) is 3.32. The van der Waals surface area contributed by atoms with Crippen LogP contribution in [0.5, 0.6) is 11.5 Å². The Morgan fingerprint density at radius 1 is 0.917 bits per heavy atom. The van der Waals surface area contributed by atoms with Gasteiger partial charge in [-0.3, -0.25) is 14.4 Å². The molecule has 0 aromatic heterocycles. The van der Waals surface area contributed by atoms with Crippen LogP contribution in [0.15, 0.2) is 78.9 Å². The van der Waals surface area contributed by atoms with E-state index in [-0.39, 0.29) is 30.7 Å². The summed E-state index contributed by atoms with van der Waals surface area (Å²) in [6, 6.07) is 24.1. The summed E-state index contributed by atoms with van der Waals surface area (Å²) in [5, 5.41) is 5.72. The lowest BCUT2D eigenvalue weighted by atomic mass is 10.1. The summed E-state index contributed by atoms with van der Waals surface area (Å²) in [5.74, 6) is 0.292. The van der Waals surface area contributed by atoms with Crippen molar-refractivity contribution in [2.45, 2.75) is 19.5 Å². The van der Waals surface area contributed by atoms with Gasteiger partial charge in [0.05, 0.1) is 13.0 Å². The fraction of sp³-hybridized carbons (Fsp3) is 0.250. The van der Waals surface area contributed by atoms with Gasteiger partial charge in [0.2, 0.25) is 11.8 Å². The third kappa shape index (κ3) is 6.41. The summed E-state index contributed by atoms with van der Waals surface area (Å²) < 4.78 is 10.9. The second-order valence-corrected chi connectivity index (χ2v) is 8.48. The van der Waals surface area contributed by atoms with Crippen molar-refractivity contribution < 1.29 is 23.9 Å². The van der Waals surface area contributed by atoms with E-state index in [1.807, 2.05) is 54.6 Å². The highest BCUT2D eigenvalue weighted by molar-refractivity contribution is 6.00. The minimum Gasteiger partial charge on any atom is -0.496 e. The Balaban J connectivity index is 1.25. The van der Waals surface area contributed by atoms with Gasteiger partial charge in [0, 0.05) is 37.3 Å². The van der Waals surface area contributed by atoms with Crippen LogP contribution < -0.4 is 25.0 Å². The first-order chi connectivity index (χ1) is 17.5. The maximum absolute atomic E-state index is 12.7. The van der Waals surface area contributed by atoms with Gasteiger partial charge in [-0.25, -0.2) is 0 Å². The summed E-state index contributed by atoms with van der Waals surface area (Å²) in [7, 11) is 1.59. The fourth-order valence-electron chi connectivity index (χ4n) is 4.03. The van der Waals surface area contributed by atoms with Crippen molar-refractivity contribution in [2.24, 2.45) is 5.92 Å². The predicted molar refractivity (Wildman–Crippen MR) is 136 cm³/mol. The number of benzene rings is 3. The number of nitrogens with one attached hydrogen (secondary N) is 2. The van der Waals surface area contributed by atoms with E-state index >= 15 is 0 Å². The molecule has 186 valence electrons. The lowest BCUT2D eigenvalue weighted by Gasteiger charge is -2.17. The monoisotopic (exact) mass is 487 g/mol. The minimum atomic E-state index is -0.434. The number of hydrogen-bond acceptors (Lipinski definition) is 5. The zero-order chi connectivity index (χ0) is 25.3. The fourth-order valence-corrected chi connectivity index (χ4v) is 4.03. The van der Waals surface area contributed by atoms with Gasteiger partial charge in [-0.15, -0.1) is 0 Å². The number of methoxy groups -OCH3 is 1. The van der Waals surface area contributed by atoms with Gasteiger partial charge in [-0.05, 0) is 35.9 Å². The van der Waals surface area contributed by atoms with Crippen molar-refractivity contribution in [3.63, 3.8) is 0 Å². The lowest BCUT2D eigenvalue weighted by molar-refractivity contribution is -0.126. The van der Waals surface area contributed by atoms with Crippen LogP contribution in [0.1, 0.15) is 17.5 Å². The smallest absolute Gasteiger partial charge is 0.258 e. The van der Waals surface area contributed by atoms with E-state index < -0.39 is 5.92 Å². The molecule has 1 fully saturated rings. The molecule has 3 amide bonds. The first kappa shape index (κ1) is 24.8. The number of carbonyl (C=O) groups is 3. The van der Waals surface area contributed by atoms with E-state index in [0.717, 1.165) is 11.1 Å². The Hall–Kier alpha value is -4.33. The number of hydrogen-bond donors (Lipinski definition) is 2. The van der Waals surface area contributed by atoms with Crippen molar-refractivity contribution in [1.29, 1.82) is 0 Å². The molecule has 1 atom stereocenters. The topological polar surface area (TPSA) is 97.0 Å². The molecule has 2 N–H and O–H groups in total. The van der Waals surface area contributed by atoms with E-state index in [9.17, 15) is 14.4 Å². The van der Waals surface area contributed by atoms with Crippen LogP contribution in [0.4, 0.5) is 5.69 Å². The zero-order valence-corrected chi connectivity index (χ0v) is 20.1. The van der Waals surface area contributed by atoms with Gasteiger partial charge in [-0.2, -0.15) is 0 Å². The van der Waals surface area contributed by atoms with Gasteiger partial charge in [0.1, 0.15) is 11.5 Å². The van der Waals surface area contributed by atoms with Crippen LogP contribution in [0, 0.1) is 5.92 Å². The molecule has 8 nitrogen and oxygen atoms in total.